The zero-order valence-electron chi connectivity index (χ0n) is 13.3. The smallest absolute Gasteiger partial charge is 0.322 e. The van der Waals surface area contributed by atoms with Crippen LogP contribution >= 0.6 is 0 Å². The summed E-state index contributed by atoms with van der Waals surface area (Å²) in [5, 5.41) is 2.59. The Hall–Kier alpha value is -2.56. The zero-order valence-corrected chi connectivity index (χ0v) is 13.3. The summed E-state index contributed by atoms with van der Waals surface area (Å²) in [5.41, 5.74) is 1.04. The normalized spacial score (nSPS) is 11.2. The number of allylic oxidation sites excluding steroid dienone is 1. The van der Waals surface area contributed by atoms with Gasteiger partial charge in [-0.1, -0.05) is 35.9 Å². The third-order valence-corrected chi connectivity index (χ3v) is 3.56. The van der Waals surface area contributed by atoms with Gasteiger partial charge < -0.3 is 5.32 Å². The number of alkyl halides is 3. The summed E-state index contributed by atoms with van der Waals surface area (Å²) in [6, 6.07) is 11.8. The second-order valence-electron chi connectivity index (χ2n) is 5.61. The Morgan fingerprint density at radius 3 is 2.38 bits per heavy atom. The lowest BCUT2D eigenvalue weighted by Gasteiger charge is -2.14. The van der Waals surface area contributed by atoms with Gasteiger partial charge in [0.1, 0.15) is 0 Å². The minimum atomic E-state index is -4.58. The number of hydrogen-bond acceptors (Lipinski definition) is 1. The summed E-state index contributed by atoms with van der Waals surface area (Å²) in [5.74, 6) is -0.772. The average Bonchev–Trinajstić information content (AvgIpc) is 2.53. The largest absolute Gasteiger partial charge is 0.417 e. The van der Waals surface area contributed by atoms with Gasteiger partial charge in [-0.2, -0.15) is 13.2 Å². The van der Waals surface area contributed by atoms with Crippen LogP contribution in [0.1, 0.15) is 34.8 Å². The minimum Gasteiger partial charge on any atom is -0.322 e. The predicted octanol–water partition coefficient (Wildman–Crippen LogP) is 5.47. The van der Waals surface area contributed by atoms with Gasteiger partial charge in [-0.05, 0) is 43.5 Å². The highest BCUT2D eigenvalue weighted by molar-refractivity contribution is 6.05. The first-order chi connectivity index (χ1) is 11.3. The number of amides is 1. The number of halogens is 3. The molecule has 0 saturated carbocycles. The van der Waals surface area contributed by atoms with Crippen LogP contribution in [0.25, 0.3) is 0 Å². The van der Waals surface area contributed by atoms with E-state index in [1.807, 2.05) is 19.1 Å². The highest BCUT2D eigenvalue weighted by Gasteiger charge is 2.34. The highest BCUT2D eigenvalue weighted by Crippen LogP contribution is 2.32. The Kier molecular flexibility index (Phi) is 5.44. The van der Waals surface area contributed by atoms with Gasteiger partial charge in [0.25, 0.3) is 5.91 Å². The maximum atomic E-state index is 13.0. The molecule has 24 heavy (non-hydrogen) atoms. The van der Waals surface area contributed by atoms with Gasteiger partial charge >= 0.3 is 6.18 Å². The number of anilines is 1. The molecule has 2 aromatic rings. The maximum absolute atomic E-state index is 13.0. The number of hydrogen-bond donors (Lipinski definition) is 1. The molecule has 2 rings (SSSR count). The minimum absolute atomic E-state index is 0.389. The lowest BCUT2D eigenvalue weighted by molar-refractivity contribution is -0.137. The predicted molar refractivity (Wildman–Crippen MR) is 89.0 cm³/mol. The Balaban J connectivity index is 2.27. The second-order valence-corrected chi connectivity index (χ2v) is 5.61. The molecule has 0 aliphatic heterocycles. The van der Waals surface area contributed by atoms with Crippen molar-refractivity contribution in [2.45, 2.75) is 25.9 Å². The summed E-state index contributed by atoms with van der Waals surface area (Å²) in [7, 11) is 0. The van der Waals surface area contributed by atoms with E-state index < -0.39 is 17.6 Å². The fraction of sp³-hybridized carbons (Fsp3) is 0.211. The van der Waals surface area contributed by atoms with E-state index in [1.54, 1.807) is 12.1 Å². The molecule has 0 spiro atoms. The van der Waals surface area contributed by atoms with Gasteiger partial charge in [0.15, 0.2) is 0 Å². The molecule has 0 bridgehead atoms. The van der Waals surface area contributed by atoms with Crippen LogP contribution in [0.4, 0.5) is 18.9 Å². The van der Waals surface area contributed by atoms with Crippen molar-refractivity contribution in [3.8, 4) is 0 Å². The Morgan fingerprint density at radius 2 is 1.71 bits per heavy atom. The standard InChI is InChI=1S/C19H18F3NO/c1-13(2)11-12-14-7-3-6-10-17(14)23-18(24)15-8-4-5-9-16(15)19(20,21)22/h3-10H,1,11-12H2,2H3,(H,23,24). The highest BCUT2D eigenvalue weighted by atomic mass is 19.4. The van der Waals surface area contributed by atoms with Gasteiger partial charge in [0.05, 0.1) is 11.1 Å². The number of benzene rings is 2. The van der Waals surface area contributed by atoms with Gasteiger partial charge in [-0.25, -0.2) is 0 Å². The zero-order chi connectivity index (χ0) is 17.7. The molecule has 0 aliphatic carbocycles. The molecular formula is C19H18F3NO. The number of nitrogens with one attached hydrogen (secondary N) is 1. The SMILES string of the molecule is C=C(C)CCc1ccccc1NC(=O)c1ccccc1C(F)(F)F. The van der Waals surface area contributed by atoms with Crippen LogP contribution in [0.3, 0.4) is 0 Å². The molecule has 126 valence electrons. The first kappa shape index (κ1) is 17.8. The van der Waals surface area contributed by atoms with Crippen molar-refractivity contribution in [2.75, 3.05) is 5.32 Å². The maximum Gasteiger partial charge on any atom is 0.417 e. The quantitative estimate of drug-likeness (QED) is 0.723. The van der Waals surface area contributed by atoms with Crippen molar-refractivity contribution in [1.82, 2.24) is 0 Å². The van der Waals surface area contributed by atoms with Crippen molar-refractivity contribution >= 4 is 11.6 Å². The van der Waals surface area contributed by atoms with E-state index in [1.165, 1.54) is 18.2 Å². The topological polar surface area (TPSA) is 29.1 Å². The van der Waals surface area contributed by atoms with Crippen molar-refractivity contribution in [3.63, 3.8) is 0 Å². The van der Waals surface area contributed by atoms with Crippen molar-refractivity contribution in [1.29, 1.82) is 0 Å². The van der Waals surface area contributed by atoms with Crippen LogP contribution in [-0.2, 0) is 12.6 Å². The summed E-state index contributed by atoms with van der Waals surface area (Å²) in [4.78, 5) is 12.3. The van der Waals surface area contributed by atoms with E-state index >= 15 is 0 Å². The lowest BCUT2D eigenvalue weighted by Crippen LogP contribution is -2.19. The van der Waals surface area contributed by atoms with Gasteiger partial charge in [-0.15, -0.1) is 6.58 Å². The monoisotopic (exact) mass is 333 g/mol. The van der Waals surface area contributed by atoms with Crippen molar-refractivity contribution in [3.05, 3.63) is 77.4 Å². The number of rotatable bonds is 5. The van der Waals surface area contributed by atoms with E-state index in [-0.39, 0.29) is 5.56 Å². The van der Waals surface area contributed by atoms with Crippen LogP contribution < -0.4 is 5.32 Å². The molecule has 0 atom stereocenters. The third kappa shape index (κ3) is 4.47. The molecule has 0 saturated heterocycles. The molecule has 0 aliphatic rings. The van der Waals surface area contributed by atoms with Gasteiger partial charge in [-0.3, -0.25) is 4.79 Å². The van der Waals surface area contributed by atoms with Crippen LogP contribution in [-0.4, -0.2) is 5.91 Å². The lowest BCUT2D eigenvalue weighted by atomic mass is 10.0. The van der Waals surface area contributed by atoms with Crippen LogP contribution in [0, 0.1) is 0 Å². The summed E-state index contributed by atoms with van der Waals surface area (Å²) in [6.07, 6.45) is -3.17. The van der Waals surface area contributed by atoms with Crippen molar-refractivity contribution < 1.29 is 18.0 Å². The van der Waals surface area contributed by atoms with Crippen LogP contribution in [0.2, 0.25) is 0 Å². The molecule has 1 N–H and O–H groups in total. The van der Waals surface area contributed by atoms with E-state index in [4.69, 9.17) is 0 Å². The Morgan fingerprint density at radius 1 is 1.08 bits per heavy atom. The molecule has 2 aromatic carbocycles. The van der Waals surface area contributed by atoms with Crippen LogP contribution in [0.5, 0.6) is 0 Å². The van der Waals surface area contributed by atoms with Crippen LogP contribution in [0.15, 0.2) is 60.7 Å². The Bertz CT molecular complexity index is 750. The van der Waals surface area contributed by atoms with E-state index in [9.17, 15) is 18.0 Å². The average molecular weight is 333 g/mol. The second kappa shape index (κ2) is 7.34. The van der Waals surface area contributed by atoms with Gasteiger partial charge in [0.2, 0.25) is 0 Å². The van der Waals surface area contributed by atoms with Gasteiger partial charge in [0, 0.05) is 5.69 Å². The first-order valence-electron chi connectivity index (χ1n) is 7.49. The number of aryl methyl sites for hydroxylation is 1. The van der Waals surface area contributed by atoms with E-state index in [2.05, 4.69) is 11.9 Å². The molecule has 0 fully saturated rings. The molecule has 0 unspecified atom stereocenters. The fourth-order valence-electron chi connectivity index (χ4n) is 2.33. The Labute approximate surface area is 139 Å². The number of carbonyl (C=O) groups excluding carboxylic acids is 1. The molecule has 1 amide bonds. The first-order valence-corrected chi connectivity index (χ1v) is 7.49. The summed E-state index contributed by atoms with van der Waals surface area (Å²) >= 11 is 0. The molecule has 5 heteroatoms. The van der Waals surface area contributed by atoms with E-state index in [0.717, 1.165) is 23.6 Å². The molecular weight excluding hydrogens is 315 g/mol. The number of carbonyl (C=O) groups is 1. The van der Waals surface area contributed by atoms with Crippen molar-refractivity contribution in [2.24, 2.45) is 0 Å². The fourth-order valence-corrected chi connectivity index (χ4v) is 2.33. The summed E-state index contributed by atoms with van der Waals surface area (Å²) in [6.45, 7) is 5.74. The molecule has 0 heterocycles. The summed E-state index contributed by atoms with van der Waals surface area (Å²) < 4.78 is 39.1. The molecule has 0 aromatic heterocycles. The molecule has 2 nitrogen and oxygen atoms in total. The van der Waals surface area contributed by atoms with E-state index in [0.29, 0.717) is 12.1 Å². The number of para-hydroxylation sites is 1. The third-order valence-electron chi connectivity index (χ3n) is 3.56. The molecule has 0 radical (unpaired) electrons.